The number of nitro groups is 1. The normalized spacial score (nSPS) is 12.2. The second-order valence-electron chi connectivity index (χ2n) is 4.59. The third-order valence-electron chi connectivity index (χ3n) is 3.08. The molecule has 1 heterocycles. The highest BCUT2D eigenvalue weighted by atomic mass is 32.1. The van der Waals surface area contributed by atoms with Gasteiger partial charge in [0.05, 0.1) is 11.0 Å². The van der Waals surface area contributed by atoms with Gasteiger partial charge in [0.1, 0.15) is 0 Å². The molecule has 1 atom stereocenters. The number of nitrogens with zero attached hydrogens (tertiary/aromatic N) is 1. The molecule has 4 nitrogen and oxygen atoms in total. The van der Waals surface area contributed by atoms with Crippen molar-refractivity contribution in [1.29, 1.82) is 0 Å². The zero-order chi connectivity index (χ0) is 14.0. The van der Waals surface area contributed by atoms with Gasteiger partial charge in [-0.2, -0.15) is 0 Å². The van der Waals surface area contributed by atoms with Crippen LogP contribution in [0, 0.1) is 24.0 Å². The van der Waals surface area contributed by atoms with Gasteiger partial charge in [0.2, 0.25) is 0 Å². The smallest absolute Gasteiger partial charge is 0.274 e. The Labute approximate surface area is 116 Å². The van der Waals surface area contributed by atoms with E-state index < -0.39 is 0 Å². The van der Waals surface area contributed by atoms with Gasteiger partial charge in [-0.15, -0.1) is 11.3 Å². The molecule has 0 bridgehead atoms. The van der Waals surface area contributed by atoms with Crippen LogP contribution in [0.3, 0.4) is 0 Å². The van der Waals surface area contributed by atoms with E-state index in [1.54, 1.807) is 24.3 Å². The van der Waals surface area contributed by atoms with E-state index in [-0.39, 0.29) is 16.7 Å². The number of nitrogens with one attached hydrogen (secondary N) is 1. The Balaban J connectivity index is 2.30. The summed E-state index contributed by atoms with van der Waals surface area (Å²) >= 11 is 1.67. The van der Waals surface area contributed by atoms with Crippen molar-refractivity contribution in [2.45, 2.75) is 26.8 Å². The van der Waals surface area contributed by atoms with E-state index in [1.165, 1.54) is 4.88 Å². The molecule has 1 aromatic carbocycles. The Bertz CT molecular complexity index is 594. The fourth-order valence-electron chi connectivity index (χ4n) is 2.04. The zero-order valence-corrected chi connectivity index (χ0v) is 12.0. The van der Waals surface area contributed by atoms with E-state index in [9.17, 15) is 10.1 Å². The second kappa shape index (κ2) is 5.40. The van der Waals surface area contributed by atoms with Crippen molar-refractivity contribution in [3.63, 3.8) is 0 Å². The summed E-state index contributed by atoms with van der Waals surface area (Å²) in [6, 6.07) is 7.67. The van der Waals surface area contributed by atoms with Gasteiger partial charge in [0.15, 0.2) is 0 Å². The van der Waals surface area contributed by atoms with Crippen molar-refractivity contribution in [3.05, 3.63) is 55.8 Å². The molecule has 0 radical (unpaired) electrons. The molecule has 2 rings (SSSR count). The second-order valence-corrected chi connectivity index (χ2v) is 5.57. The van der Waals surface area contributed by atoms with Crippen molar-refractivity contribution in [3.8, 4) is 0 Å². The van der Waals surface area contributed by atoms with Gasteiger partial charge >= 0.3 is 0 Å². The molecule has 1 aromatic heterocycles. The van der Waals surface area contributed by atoms with Crippen molar-refractivity contribution in [2.75, 3.05) is 5.32 Å². The summed E-state index contributed by atoms with van der Waals surface area (Å²) in [6.45, 7) is 5.77. The summed E-state index contributed by atoms with van der Waals surface area (Å²) in [6.07, 6.45) is 0. The Morgan fingerprint density at radius 2 is 2.05 bits per heavy atom. The topological polar surface area (TPSA) is 55.2 Å². The largest absolute Gasteiger partial charge is 0.377 e. The fourth-order valence-corrected chi connectivity index (χ4v) is 2.77. The molecule has 100 valence electrons. The maximum atomic E-state index is 11.0. The van der Waals surface area contributed by atoms with E-state index >= 15 is 0 Å². The van der Waals surface area contributed by atoms with Crippen molar-refractivity contribution in [2.24, 2.45) is 0 Å². The number of hydrogen-bond acceptors (Lipinski definition) is 4. The van der Waals surface area contributed by atoms with Gasteiger partial charge in [-0.05, 0) is 43.8 Å². The van der Waals surface area contributed by atoms with E-state index in [4.69, 9.17) is 0 Å². The summed E-state index contributed by atoms with van der Waals surface area (Å²) in [5.74, 6) is 0. The highest BCUT2D eigenvalue weighted by Gasteiger charge is 2.15. The first-order chi connectivity index (χ1) is 8.99. The Morgan fingerprint density at radius 3 is 2.63 bits per heavy atom. The highest BCUT2D eigenvalue weighted by Crippen LogP contribution is 2.30. The minimum atomic E-state index is -0.338. The molecule has 0 amide bonds. The molecule has 0 aliphatic heterocycles. The number of hydrogen-bond donors (Lipinski definition) is 1. The first-order valence-corrected chi connectivity index (χ1v) is 6.92. The molecule has 2 aromatic rings. The van der Waals surface area contributed by atoms with Crippen LogP contribution in [0.2, 0.25) is 0 Å². The van der Waals surface area contributed by atoms with Gasteiger partial charge in [0.25, 0.3) is 5.69 Å². The zero-order valence-electron chi connectivity index (χ0n) is 11.1. The van der Waals surface area contributed by atoms with Gasteiger partial charge in [-0.3, -0.25) is 10.1 Å². The molecule has 0 saturated heterocycles. The molecule has 0 spiro atoms. The standard InChI is InChI=1S/C14H16N2O2S/c1-9-7-10(2)13(16(17)18)8-12(9)15-11(3)14-5-4-6-19-14/h4-8,11,15H,1-3H3. The number of thiophene rings is 1. The average Bonchev–Trinajstić information content (AvgIpc) is 2.85. The van der Waals surface area contributed by atoms with E-state index in [0.717, 1.165) is 11.3 Å². The molecule has 5 heteroatoms. The molecule has 1 unspecified atom stereocenters. The monoisotopic (exact) mass is 276 g/mol. The maximum absolute atomic E-state index is 11.0. The van der Waals surface area contributed by atoms with Gasteiger partial charge < -0.3 is 5.32 Å². The van der Waals surface area contributed by atoms with Crippen molar-refractivity contribution in [1.82, 2.24) is 0 Å². The van der Waals surface area contributed by atoms with Crippen LogP contribution in [-0.2, 0) is 0 Å². The van der Waals surface area contributed by atoms with Gasteiger partial charge in [-0.25, -0.2) is 0 Å². The molecule has 0 aliphatic rings. The van der Waals surface area contributed by atoms with Crippen LogP contribution >= 0.6 is 11.3 Å². The highest BCUT2D eigenvalue weighted by molar-refractivity contribution is 7.10. The third kappa shape index (κ3) is 2.93. The summed E-state index contributed by atoms with van der Waals surface area (Å²) < 4.78 is 0. The molecule has 1 N–H and O–H groups in total. The summed E-state index contributed by atoms with van der Waals surface area (Å²) in [5.41, 5.74) is 2.69. The van der Waals surface area contributed by atoms with Crippen LogP contribution < -0.4 is 5.32 Å². The molecular weight excluding hydrogens is 260 g/mol. The molecular formula is C14H16N2O2S. The molecule has 19 heavy (non-hydrogen) atoms. The quantitative estimate of drug-likeness (QED) is 0.663. The lowest BCUT2D eigenvalue weighted by atomic mass is 10.1. The number of nitro benzene ring substituents is 1. The van der Waals surface area contributed by atoms with Gasteiger partial charge in [-0.1, -0.05) is 6.07 Å². The summed E-state index contributed by atoms with van der Waals surface area (Å²) in [4.78, 5) is 11.9. The fraction of sp³-hybridized carbons (Fsp3) is 0.286. The van der Waals surface area contributed by atoms with Gasteiger partial charge in [0, 0.05) is 22.2 Å². The lowest BCUT2D eigenvalue weighted by Crippen LogP contribution is -2.07. The van der Waals surface area contributed by atoms with E-state index in [1.807, 2.05) is 24.4 Å². The Morgan fingerprint density at radius 1 is 1.32 bits per heavy atom. The lowest BCUT2D eigenvalue weighted by Gasteiger charge is -2.16. The van der Waals surface area contributed by atoms with E-state index in [0.29, 0.717) is 5.56 Å². The summed E-state index contributed by atoms with van der Waals surface area (Å²) in [7, 11) is 0. The number of benzene rings is 1. The number of rotatable bonds is 4. The first-order valence-electron chi connectivity index (χ1n) is 6.04. The minimum absolute atomic E-state index is 0.140. The van der Waals surface area contributed by atoms with Crippen LogP contribution in [0.15, 0.2) is 29.6 Å². The van der Waals surface area contributed by atoms with Crippen LogP contribution in [0.5, 0.6) is 0 Å². The predicted octanol–water partition coefficient (Wildman–Crippen LogP) is 4.45. The lowest BCUT2D eigenvalue weighted by molar-refractivity contribution is -0.385. The molecule has 0 saturated carbocycles. The van der Waals surface area contributed by atoms with Crippen LogP contribution in [0.4, 0.5) is 11.4 Å². The first kappa shape index (κ1) is 13.5. The van der Waals surface area contributed by atoms with Crippen LogP contribution in [0.25, 0.3) is 0 Å². The average molecular weight is 276 g/mol. The SMILES string of the molecule is Cc1cc(C)c([N+](=O)[O-])cc1NC(C)c1cccs1. The Kier molecular flexibility index (Phi) is 3.85. The summed E-state index contributed by atoms with van der Waals surface area (Å²) in [5, 5.41) is 16.3. The van der Waals surface area contributed by atoms with Crippen molar-refractivity contribution < 1.29 is 4.92 Å². The maximum Gasteiger partial charge on any atom is 0.274 e. The number of aryl methyl sites for hydroxylation is 2. The predicted molar refractivity (Wildman–Crippen MR) is 78.9 cm³/mol. The Hall–Kier alpha value is -1.88. The van der Waals surface area contributed by atoms with Crippen molar-refractivity contribution >= 4 is 22.7 Å². The number of anilines is 1. The van der Waals surface area contributed by atoms with E-state index in [2.05, 4.69) is 18.3 Å². The third-order valence-corrected chi connectivity index (χ3v) is 4.14. The van der Waals surface area contributed by atoms with Crippen LogP contribution in [0.1, 0.15) is 29.0 Å². The molecule has 0 aliphatic carbocycles. The minimum Gasteiger partial charge on any atom is -0.377 e. The van der Waals surface area contributed by atoms with Crippen LogP contribution in [-0.4, -0.2) is 4.92 Å². The molecule has 0 fully saturated rings.